The van der Waals surface area contributed by atoms with Gasteiger partial charge < -0.3 is 20.4 Å². The van der Waals surface area contributed by atoms with Gasteiger partial charge in [0.25, 0.3) is 0 Å². The van der Waals surface area contributed by atoms with Crippen LogP contribution in [0.5, 0.6) is 0 Å². The highest BCUT2D eigenvalue weighted by molar-refractivity contribution is 5.89. The van der Waals surface area contributed by atoms with E-state index < -0.39 is 11.9 Å². The Balaban J connectivity index is 0.000000387. The zero-order valence-corrected chi connectivity index (χ0v) is 15.6. The average Bonchev–Trinajstić information content (AvgIpc) is 2.65. The second-order valence-electron chi connectivity index (χ2n) is 5.98. The third-order valence-corrected chi connectivity index (χ3v) is 3.58. The van der Waals surface area contributed by atoms with E-state index in [1.54, 1.807) is 0 Å². The first-order chi connectivity index (χ1) is 12.9. The third-order valence-electron chi connectivity index (χ3n) is 3.58. The molecule has 0 saturated carbocycles. The van der Waals surface area contributed by atoms with Crippen molar-refractivity contribution >= 4 is 17.6 Å². The molecule has 6 heteroatoms. The fraction of sp³-hybridized carbons (Fsp3) is 0.238. The Morgan fingerprint density at radius 3 is 1.93 bits per heavy atom. The van der Waals surface area contributed by atoms with Crippen molar-refractivity contribution in [3.8, 4) is 0 Å². The van der Waals surface area contributed by atoms with E-state index in [9.17, 15) is 9.59 Å². The molecule has 0 aliphatic rings. The molecule has 0 aliphatic carbocycles. The minimum atomic E-state index is -1.26. The standard InChI is InChI=1S/C17H22N2.C4H4O4/c1-19(2)17-10-8-16(9-11-17)14-18-13-12-15-6-4-3-5-7-15;5-3(6)1-2-4(7)8/h3-11,18H,12-14H2,1-2H3;1-2H,(H,5,6)(H,7,8)/b;2-1+. The molecule has 2 aromatic rings. The van der Waals surface area contributed by atoms with Crippen molar-refractivity contribution in [1.29, 1.82) is 0 Å². The van der Waals surface area contributed by atoms with Gasteiger partial charge in [-0.05, 0) is 36.2 Å². The van der Waals surface area contributed by atoms with Gasteiger partial charge in [-0.15, -0.1) is 0 Å². The lowest BCUT2D eigenvalue weighted by molar-refractivity contribution is -0.134. The van der Waals surface area contributed by atoms with Crippen molar-refractivity contribution in [1.82, 2.24) is 5.32 Å². The quantitative estimate of drug-likeness (QED) is 0.489. The first-order valence-corrected chi connectivity index (χ1v) is 8.53. The molecule has 0 spiro atoms. The van der Waals surface area contributed by atoms with E-state index in [1.807, 2.05) is 0 Å². The van der Waals surface area contributed by atoms with E-state index in [-0.39, 0.29) is 0 Å². The van der Waals surface area contributed by atoms with Crippen LogP contribution in [0.3, 0.4) is 0 Å². The summed E-state index contributed by atoms with van der Waals surface area (Å²) in [5.74, 6) is -2.51. The predicted molar refractivity (Wildman–Crippen MR) is 107 cm³/mol. The van der Waals surface area contributed by atoms with Gasteiger partial charge >= 0.3 is 11.9 Å². The average molecular weight is 370 g/mol. The highest BCUT2D eigenvalue weighted by Crippen LogP contribution is 2.11. The van der Waals surface area contributed by atoms with Crippen LogP contribution in [0.25, 0.3) is 0 Å². The van der Waals surface area contributed by atoms with Crippen molar-refractivity contribution < 1.29 is 19.8 Å². The number of nitrogens with zero attached hydrogens (tertiary/aromatic N) is 1. The van der Waals surface area contributed by atoms with Crippen LogP contribution in [0.4, 0.5) is 5.69 Å². The van der Waals surface area contributed by atoms with E-state index in [2.05, 4.69) is 78.9 Å². The van der Waals surface area contributed by atoms with Gasteiger partial charge in [-0.3, -0.25) is 0 Å². The molecule has 0 aromatic heterocycles. The van der Waals surface area contributed by atoms with E-state index in [4.69, 9.17) is 10.2 Å². The molecule has 0 aliphatic heterocycles. The molecule has 3 N–H and O–H groups in total. The first kappa shape index (κ1) is 21.9. The van der Waals surface area contributed by atoms with Gasteiger partial charge in [-0.1, -0.05) is 42.5 Å². The van der Waals surface area contributed by atoms with Crippen molar-refractivity contribution in [2.24, 2.45) is 0 Å². The minimum Gasteiger partial charge on any atom is -0.478 e. The van der Waals surface area contributed by atoms with Gasteiger partial charge in [0.2, 0.25) is 0 Å². The summed E-state index contributed by atoms with van der Waals surface area (Å²) >= 11 is 0. The maximum Gasteiger partial charge on any atom is 0.328 e. The summed E-state index contributed by atoms with van der Waals surface area (Å²) in [6.45, 7) is 1.94. The van der Waals surface area contributed by atoms with Gasteiger partial charge in [-0.25, -0.2) is 9.59 Å². The SMILES string of the molecule is CN(C)c1ccc(CNCCc2ccccc2)cc1.O=C(O)/C=C/C(=O)O. The molecule has 2 aromatic carbocycles. The second kappa shape index (κ2) is 12.3. The Hall–Kier alpha value is -3.12. The Labute approximate surface area is 159 Å². The van der Waals surface area contributed by atoms with Crippen molar-refractivity contribution in [3.05, 3.63) is 77.9 Å². The second-order valence-corrected chi connectivity index (χ2v) is 5.98. The van der Waals surface area contributed by atoms with Crippen LogP contribution in [-0.2, 0) is 22.6 Å². The largest absolute Gasteiger partial charge is 0.478 e. The van der Waals surface area contributed by atoms with Crippen LogP contribution in [0.1, 0.15) is 11.1 Å². The molecule has 0 unspecified atom stereocenters. The molecule has 0 atom stereocenters. The summed E-state index contributed by atoms with van der Waals surface area (Å²) in [6, 6.07) is 19.3. The normalized spacial score (nSPS) is 10.1. The van der Waals surface area contributed by atoms with Gasteiger partial charge in [0, 0.05) is 38.5 Å². The topological polar surface area (TPSA) is 89.9 Å². The molecule has 0 heterocycles. The lowest BCUT2D eigenvalue weighted by atomic mass is 10.1. The smallest absolute Gasteiger partial charge is 0.328 e. The molecule has 0 saturated heterocycles. The third kappa shape index (κ3) is 10.5. The summed E-state index contributed by atoms with van der Waals surface area (Å²) in [6.07, 6.45) is 2.20. The minimum absolute atomic E-state index is 0.558. The van der Waals surface area contributed by atoms with E-state index in [1.165, 1.54) is 16.8 Å². The Bertz CT molecular complexity index is 710. The summed E-state index contributed by atoms with van der Waals surface area (Å²) in [7, 11) is 4.13. The van der Waals surface area contributed by atoms with Crippen LogP contribution in [0, 0.1) is 0 Å². The van der Waals surface area contributed by atoms with Crippen molar-refractivity contribution in [3.63, 3.8) is 0 Å². The number of hydrogen-bond donors (Lipinski definition) is 3. The van der Waals surface area contributed by atoms with Crippen LogP contribution < -0.4 is 10.2 Å². The number of anilines is 1. The Morgan fingerprint density at radius 2 is 1.44 bits per heavy atom. The summed E-state index contributed by atoms with van der Waals surface area (Å²) in [4.78, 5) is 21.2. The number of nitrogens with one attached hydrogen (secondary N) is 1. The predicted octanol–water partition coefficient (Wildman–Crippen LogP) is 2.80. The van der Waals surface area contributed by atoms with E-state index in [0.717, 1.165) is 19.5 Å². The number of aliphatic carboxylic acids is 2. The fourth-order valence-electron chi connectivity index (χ4n) is 2.16. The molecule has 0 radical (unpaired) electrons. The Morgan fingerprint density at radius 1 is 0.889 bits per heavy atom. The highest BCUT2D eigenvalue weighted by atomic mass is 16.4. The number of carbonyl (C=O) groups is 2. The van der Waals surface area contributed by atoms with Crippen LogP contribution >= 0.6 is 0 Å². The molecule has 2 rings (SSSR count). The molecule has 0 amide bonds. The maximum absolute atomic E-state index is 9.55. The Kier molecular flexibility index (Phi) is 9.96. The molecule has 6 nitrogen and oxygen atoms in total. The molecule has 0 fully saturated rings. The van der Waals surface area contributed by atoms with E-state index in [0.29, 0.717) is 12.2 Å². The number of carboxylic acid groups (broad SMARTS) is 2. The zero-order chi connectivity index (χ0) is 20.1. The van der Waals surface area contributed by atoms with Gasteiger partial charge in [-0.2, -0.15) is 0 Å². The van der Waals surface area contributed by atoms with Crippen molar-refractivity contribution in [2.45, 2.75) is 13.0 Å². The zero-order valence-electron chi connectivity index (χ0n) is 15.6. The maximum atomic E-state index is 9.55. The molecule has 27 heavy (non-hydrogen) atoms. The van der Waals surface area contributed by atoms with Crippen LogP contribution in [-0.4, -0.2) is 42.8 Å². The summed E-state index contributed by atoms with van der Waals surface area (Å²) in [5, 5.41) is 19.1. The van der Waals surface area contributed by atoms with Gasteiger partial charge in [0.15, 0.2) is 0 Å². The van der Waals surface area contributed by atoms with Crippen molar-refractivity contribution in [2.75, 3.05) is 25.5 Å². The highest BCUT2D eigenvalue weighted by Gasteiger charge is 1.96. The lowest BCUT2D eigenvalue weighted by Crippen LogP contribution is -2.16. The van der Waals surface area contributed by atoms with Crippen LogP contribution in [0.15, 0.2) is 66.7 Å². The van der Waals surface area contributed by atoms with E-state index >= 15 is 0 Å². The molecular weight excluding hydrogens is 344 g/mol. The molecule has 0 bridgehead atoms. The molecule has 144 valence electrons. The first-order valence-electron chi connectivity index (χ1n) is 8.53. The molecular formula is C21H26N2O4. The van der Waals surface area contributed by atoms with Crippen LogP contribution in [0.2, 0.25) is 0 Å². The fourth-order valence-corrected chi connectivity index (χ4v) is 2.16. The number of rotatable bonds is 8. The lowest BCUT2D eigenvalue weighted by Gasteiger charge is -2.13. The van der Waals surface area contributed by atoms with Gasteiger partial charge in [0.1, 0.15) is 0 Å². The summed E-state index contributed by atoms with van der Waals surface area (Å²) < 4.78 is 0. The number of hydrogen-bond acceptors (Lipinski definition) is 4. The number of benzene rings is 2. The monoisotopic (exact) mass is 370 g/mol. The van der Waals surface area contributed by atoms with Gasteiger partial charge in [0.05, 0.1) is 0 Å². The summed E-state index contributed by atoms with van der Waals surface area (Å²) in [5.41, 5.74) is 3.96. The number of carboxylic acids is 2.